The first-order valence-corrected chi connectivity index (χ1v) is 12.6. The number of carbonyl (C=O) groups excluding carboxylic acids is 1. The summed E-state index contributed by atoms with van der Waals surface area (Å²) in [6.45, 7) is 4.14. The van der Waals surface area contributed by atoms with Gasteiger partial charge in [-0.05, 0) is 97.4 Å². The molecule has 2 aromatic carbocycles. The Kier molecular flexibility index (Phi) is 4.63. The molecule has 2 fully saturated rings. The number of carbonyl (C=O) groups is 1. The van der Waals surface area contributed by atoms with Crippen molar-refractivity contribution in [2.45, 2.75) is 77.0 Å². The van der Waals surface area contributed by atoms with E-state index in [1.807, 2.05) is 6.92 Å². The number of phenolic OH excluding ortho intramolecular Hbond substituents is 2. The van der Waals surface area contributed by atoms with Crippen LogP contribution in [0.15, 0.2) is 18.2 Å². The molecule has 5 atom stereocenters. The summed E-state index contributed by atoms with van der Waals surface area (Å²) in [6.07, 6.45) is 8.12. The SMILES string of the molecule is COc1c(O)c(O)c(C)c2c1CC[C@@H]2c1ccc2c(c1)CC[C@@H]1[C@@H]2CC[C@]2(C)C(=O)CC[C@@H]12. The van der Waals surface area contributed by atoms with Gasteiger partial charge in [0.2, 0.25) is 5.75 Å². The molecule has 0 radical (unpaired) electrons. The van der Waals surface area contributed by atoms with Gasteiger partial charge < -0.3 is 14.9 Å². The predicted molar refractivity (Wildman–Crippen MR) is 127 cm³/mol. The molecule has 4 heteroatoms. The maximum atomic E-state index is 12.6. The fourth-order valence-electron chi connectivity index (χ4n) is 8.20. The summed E-state index contributed by atoms with van der Waals surface area (Å²) in [7, 11) is 1.56. The normalized spacial score (nSPS) is 32.2. The zero-order chi connectivity index (χ0) is 23.1. The second-order valence-electron chi connectivity index (χ2n) is 11.1. The number of Topliss-reactive ketones (excluding diaryl/α,β-unsaturated/α-hetero) is 1. The highest BCUT2D eigenvalue weighted by atomic mass is 16.5. The van der Waals surface area contributed by atoms with Gasteiger partial charge in [-0.1, -0.05) is 25.1 Å². The minimum atomic E-state index is -0.138. The molecule has 4 aliphatic carbocycles. The van der Waals surface area contributed by atoms with Crippen LogP contribution in [0.1, 0.15) is 90.7 Å². The maximum Gasteiger partial charge on any atom is 0.201 e. The van der Waals surface area contributed by atoms with Gasteiger partial charge in [-0.2, -0.15) is 0 Å². The Morgan fingerprint density at radius 3 is 2.64 bits per heavy atom. The van der Waals surface area contributed by atoms with Crippen LogP contribution in [0.4, 0.5) is 0 Å². The molecule has 4 nitrogen and oxygen atoms in total. The van der Waals surface area contributed by atoms with Gasteiger partial charge in [-0.3, -0.25) is 4.79 Å². The molecule has 0 bridgehead atoms. The quantitative estimate of drug-likeness (QED) is 0.562. The van der Waals surface area contributed by atoms with Crippen LogP contribution in [0.25, 0.3) is 0 Å². The van der Waals surface area contributed by atoms with Gasteiger partial charge in [0.1, 0.15) is 5.78 Å². The predicted octanol–water partition coefficient (Wildman–Crippen LogP) is 5.92. The lowest BCUT2D eigenvalue weighted by Gasteiger charge is -2.48. The van der Waals surface area contributed by atoms with E-state index in [2.05, 4.69) is 25.1 Å². The monoisotopic (exact) mass is 446 g/mol. The van der Waals surface area contributed by atoms with Crippen molar-refractivity contribution >= 4 is 5.78 Å². The molecule has 2 aromatic rings. The molecule has 0 amide bonds. The fourth-order valence-corrected chi connectivity index (χ4v) is 8.20. The highest BCUT2D eigenvalue weighted by molar-refractivity contribution is 5.87. The van der Waals surface area contributed by atoms with Crippen molar-refractivity contribution in [1.29, 1.82) is 0 Å². The Hall–Kier alpha value is -2.49. The van der Waals surface area contributed by atoms with E-state index in [-0.39, 0.29) is 22.8 Å². The summed E-state index contributed by atoms with van der Waals surface area (Å²) < 4.78 is 5.47. The van der Waals surface area contributed by atoms with Crippen molar-refractivity contribution in [3.8, 4) is 17.2 Å². The van der Waals surface area contributed by atoms with Gasteiger partial charge in [-0.15, -0.1) is 0 Å². The van der Waals surface area contributed by atoms with Crippen molar-refractivity contribution in [3.63, 3.8) is 0 Å². The number of ether oxygens (including phenoxy) is 1. The van der Waals surface area contributed by atoms with Crippen molar-refractivity contribution in [2.75, 3.05) is 7.11 Å². The lowest BCUT2D eigenvalue weighted by Crippen LogP contribution is -2.42. The molecule has 33 heavy (non-hydrogen) atoms. The molecule has 0 saturated heterocycles. The van der Waals surface area contributed by atoms with E-state index in [0.29, 0.717) is 29.3 Å². The number of fused-ring (bicyclic) bond motifs is 6. The van der Waals surface area contributed by atoms with E-state index in [9.17, 15) is 15.0 Å². The number of hydrogen-bond acceptors (Lipinski definition) is 4. The van der Waals surface area contributed by atoms with Gasteiger partial charge in [0.05, 0.1) is 7.11 Å². The van der Waals surface area contributed by atoms with Gasteiger partial charge in [0.25, 0.3) is 0 Å². The average Bonchev–Trinajstić information content (AvgIpc) is 3.39. The molecule has 2 saturated carbocycles. The Balaban J connectivity index is 1.36. The lowest BCUT2D eigenvalue weighted by atomic mass is 9.55. The fraction of sp³-hybridized carbons (Fsp3) is 0.552. The third-order valence-electron chi connectivity index (χ3n) is 9.90. The molecular formula is C29H34O4. The molecule has 6 rings (SSSR count). The van der Waals surface area contributed by atoms with Gasteiger partial charge in [-0.25, -0.2) is 0 Å². The third-order valence-corrected chi connectivity index (χ3v) is 9.90. The molecule has 0 heterocycles. The number of rotatable bonds is 2. The van der Waals surface area contributed by atoms with E-state index in [1.54, 1.807) is 7.11 Å². The van der Waals surface area contributed by atoms with E-state index in [4.69, 9.17) is 4.74 Å². The molecule has 174 valence electrons. The summed E-state index contributed by atoms with van der Waals surface area (Å²) in [6, 6.07) is 7.07. The van der Waals surface area contributed by atoms with E-state index >= 15 is 0 Å². The molecular weight excluding hydrogens is 412 g/mol. The smallest absolute Gasteiger partial charge is 0.201 e. The van der Waals surface area contributed by atoms with Crippen molar-refractivity contribution in [3.05, 3.63) is 51.6 Å². The average molecular weight is 447 g/mol. The molecule has 0 aliphatic heterocycles. The second-order valence-corrected chi connectivity index (χ2v) is 11.1. The first-order chi connectivity index (χ1) is 15.8. The first kappa shape index (κ1) is 21.1. The maximum absolute atomic E-state index is 12.6. The number of ketones is 1. The third kappa shape index (κ3) is 2.79. The molecule has 2 N–H and O–H groups in total. The molecule has 4 aliphatic rings. The highest BCUT2D eigenvalue weighted by Gasteiger charge is 2.54. The standard InChI is InChI=1S/C29H34O4/c1-15-25-19(8-9-22(25)28(33-3)27(32)26(15)31)17-4-6-18-16(14-17)5-7-21-20(18)12-13-29(2)23(21)10-11-24(29)30/h4,6,14,19-21,23,31-32H,5,7-13H2,1-3H3/t19-,20-,21-,23+,29+/m1/s1. The van der Waals surface area contributed by atoms with Gasteiger partial charge in [0.15, 0.2) is 11.5 Å². The zero-order valence-corrected chi connectivity index (χ0v) is 19.9. The van der Waals surface area contributed by atoms with Crippen LogP contribution in [0.3, 0.4) is 0 Å². The molecule has 0 unspecified atom stereocenters. The van der Waals surface area contributed by atoms with E-state index in [0.717, 1.165) is 61.6 Å². The van der Waals surface area contributed by atoms with Crippen LogP contribution in [0, 0.1) is 24.2 Å². The second kappa shape index (κ2) is 7.25. The van der Waals surface area contributed by atoms with Crippen LogP contribution in [0.5, 0.6) is 17.2 Å². The Labute approximate surface area is 196 Å². The Bertz CT molecular complexity index is 1160. The number of aromatic hydroxyl groups is 2. The lowest BCUT2D eigenvalue weighted by molar-refractivity contribution is -0.129. The van der Waals surface area contributed by atoms with Crippen LogP contribution < -0.4 is 4.74 Å². The topological polar surface area (TPSA) is 66.8 Å². The van der Waals surface area contributed by atoms with Gasteiger partial charge >= 0.3 is 0 Å². The minimum absolute atomic E-state index is 0.0605. The summed E-state index contributed by atoms with van der Waals surface area (Å²) in [5.74, 6) is 2.74. The summed E-state index contributed by atoms with van der Waals surface area (Å²) in [4.78, 5) is 12.6. The zero-order valence-electron chi connectivity index (χ0n) is 19.9. The van der Waals surface area contributed by atoms with Crippen LogP contribution >= 0.6 is 0 Å². The van der Waals surface area contributed by atoms with E-state index < -0.39 is 0 Å². The van der Waals surface area contributed by atoms with E-state index in [1.165, 1.54) is 23.1 Å². The van der Waals surface area contributed by atoms with Crippen molar-refractivity contribution in [2.24, 2.45) is 17.3 Å². The Morgan fingerprint density at radius 1 is 1.03 bits per heavy atom. The van der Waals surface area contributed by atoms with Crippen LogP contribution in [-0.4, -0.2) is 23.1 Å². The highest BCUT2D eigenvalue weighted by Crippen LogP contribution is 2.60. The van der Waals surface area contributed by atoms with Crippen molar-refractivity contribution < 1.29 is 19.7 Å². The molecule has 0 spiro atoms. The number of methoxy groups -OCH3 is 1. The van der Waals surface area contributed by atoms with Crippen LogP contribution in [0.2, 0.25) is 0 Å². The first-order valence-electron chi connectivity index (χ1n) is 12.6. The Morgan fingerprint density at radius 2 is 1.85 bits per heavy atom. The summed E-state index contributed by atoms with van der Waals surface area (Å²) in [5.41, 5.74) is 7.13. The van der Waals surface area contributed by atoms with Crippen molar-refractivity contribution in [1.82, 2.24) is 0 Å². The molecule has 0 aromatic heterocycles. The number of phenols is 2. The summed E-state index contributed by atoms with van der Waals surface area (Å²) in [5, 5.41) is 20.9. The van der Waals surface area contributed by atoms with Crippen LogP contribution in [-0.2, 0) is 17.6 Å². The largest absolute Gasteiger partial charge is 0.504 e. The summed E-state index contributed by atoms with van der Waals surface area (Å²) >= 11 is 0. The number of benzene rings is 2. The minimum Gasteiger partial charge on any atom is -0.504 e. The van der Waals surface area contributed by atoms with Gasteiger partial charge in [0, 0.05) is 23.3 Å². The number of aryl methyl sites for hydroxylation is 1. The number of hydrogen-bond donors (Lipinski definition) is 2.